The number of hydrogen-bond donors (Lipinski definition) is 2. The summed E-state index contributed by atoms with van der Waals surface area (Å²) in [4.78, 5) is 21.8. The summed E-state index contributed by atoms with van der Waals surface area (Å²) in [6.45, 7) is 0.162. The molecule has 0 heterocycles. The molecule has 2 rings (SSSR count). The summed E-state index contributed by atoms with van der Waals surface area (Å²) in [5.74, 6) is 0.323. The van der Waals surface area contributed by atoms with Gasteiger partial charge in [0.2, 0.25) is 15.9 Å². The molecule has 0 aliphatic heterocycles. The van der Waals surface area contributed by atoms with Gasteiger partial charge in [0.1, 0.15) is 5.75 Å². The van der Waals surface area contributed by atoms with Crippen molar-refractivity contribution in [1.29, 1.82) is 0 Å². The van der Waals surface area contributed by atoms with Gasteiger partial charge in [0.05, 0.1) is 16.9 Å². The van der Waals surface area contributed by atoms with Crippen LogP contribution in [0, 0.1) is 10.1 Å². The van der Waals surface area contributed by atoms with E-state index in [2.05, 4.69) is 10.0 Å². The summed E-state index contributed by atoms with van der Waals surface area (Å²) >= 11 is 0. The Morgan fingerprint density at radius 2 is 1.81 bits per heavy atom. The molecule has 144 valence electrons. The van der Waals surface area contributed by atoms with Gasteiger partial charge in [0.25, 0.3) is 5.69 Å². The molecule has 27 heavy (non-hydrogen) atoms. The second kappa shape index (κ2) is 9.10. The Hall–Kier alpha value is -2.98. The van der Waals surface area contributed by atoms with Crippen LogP contribution in [0.3, 0.4) is 0 Å². The Balaban J connectivity index is 1.83. The minimum atomic E-state index is -3.85. The second-order valence-electron chi connectivity index (χ2n) is 5.49. The first-order chi connectivity index (χ1) is 12.8. The summed E-state index contributed by atoms with van der Waals surface area (Å²) in [7, 11) is -2.31. The van der Waals surface area contributed by atoms with Crippen LogP contribution in [-0.2, 0) is 21.4 Å². The average molecular weight is 393 g/mol. The number of nitrogens with one attached hydrogen (secondary N) is 2. The summed E-state index contributed by atoms with van der Waals surface area (Å²) in [5, 5.41) is 13.3. The zero-order valence-corrected chi connectivity index (χ0v) is 15.4. The molecule has 9 nitrogen and oxygen atoms in total. The zero-order valence-electron chi connectivity index (χ0n) is 14.5. The van der Waals surface area contributed by atoms with Gasteiger partial charge in [-0.2, -0.15) is 0 Å². The molecule has 10 heteroatoms. The van der Waals surface area contributed by atoms with Gasteiger partial charge in [-0.25, -0.2) is 13.1 Å². The van der Waals surface area contributed by atoms with Gasteiger partial charge >= 0.3 is 0 Å². The topological polar surface area (TPSA) is 128 Å². The van der Waals surface area contributed by atoms with Crippen molar-refractivity contribution in [2.75, 3.05) is 13.7 Å². The first kappa shape index (κ1) is 20.3. The minimum absolute atomic E-state index is 0.0542. The zero-order chi connectivity index (χ0) is 19.9. The van der Waals surface area contributed by atoms with Crippen molar-refractivity contribution in [3.05, 3.63) is 64.2 Å². The highest BCUT2D eigenvalue weighted by Crippen LogP contribution is 2.17. The van der Waals surface area contributed by atoms with Crippen LogP contribution in [0.4, 0.5) is 5.69 Å². The number of hydrogen-bond acceptors (Lipinski definition) is 6. The molecule has 0 saturated carbocycles. The van der Waals surface area contributed by atoms with E-state index < -0.39 is 14.9 Å². The molecule has 2 aromatic rings. The number of amides is 1. The molecular formula is C17H19N3O6S. The van der Waals surface area contributed by atoms with Crippen LogP contribution in [0.5, 0.6) is 5.75 Å². The largest absolute Gasteiger partial charge is 0.496 e. The minimum Gasteiger partial charge on any atom is -0.496 e. The lowest BCUT2D eigenvalue weighted by Crippen LogP contribution is -2.30. The van der Waals surface area contributed by atoms with Crippen LogP contribution in [-0.4, -0.2) is 32.9 Å². The predicted octanol–water partition coefficient (Wildman–Crippen LogP) is 1.59. The van der Waals surface area contributed by atoms with Crippen molar-refractivity contribution in [3.63, 3.8) is 0 Å². The fourth-order valence-corrected chi connectivity index (χ4v) is 3.29. The third kappa shape index (κ3) is 5.76. The number of non-ortho nitro benzene ring substituents is 1. The molecule has 0 aliphatic carbocycles. The lowest BCUT2D eigenvalue weighted by Gasteiger charge is -2.10. The van der Waals surface area contributed by atoms with Crippen LogP contribution >= 0.6 is 0 Å². The quantitative estimate of drug-likeness (QED) is 0.492. The molecule has 0 radical (unpaired) electrons. The third-order valence-corrected chi connectivity index (χ3v) is 5.15. The molecule has 0 saturated heterocycles. The van der Waals surface area contributed by atoms with Crippen molar-refractivity contribution >= 4 is 21.6 Å². The van der Waals surface area contributed by atoms with Gasteiger partial charge < -0.3 is 10.1 Å². The summed E-state index contributed by atoms with van der Waals surface area (Å²) in [6, 6.07) is 11.7. The highest BCUT2D eigenvalue weighted by molar-refractivity contribution is 7.89. The van der Waals surface area contributed by atoms with Crippen molar-refractivity contribution in [2.24, 2.45) is 0 Å². The third-order valence-electron chi connectivity index (χ3n) is 3.67. The van der Waals surface area contributed by atoms with E-state index >= 15 is 0 Å². The number of sulfonamides is 1. The monoisotopic (exact) mass is 393 g/mol. The highest BCUT2D eigenvalue weighted by atomic mass is 32.2. The SMILES string of the molecule is COc1ccccc1CNC(=O)CCNS(=O)(=O)c1ccc([N+](=O)[O-])cc1. The van der Waals surface area contributed by atoms with E-state index in [1.165, 1.54) is 7.11 Å². The van der Waals surface area contributed by atoms with Crippen molar-refractivity contribution in [3.8, 4) is 5.75 Å². The molecule has 0 fully saturated rings. The number of nitro benzene ring substituents is 1. The normalized spacial score (nSPS) is 11.0. The Bertz CT molecular complexity index is 913. The summed E-state index contributed by atoms with van der Waals surface area (Å²) < 4.78 is 31.7. The fraction of sp³-hybridized carbons (Fsp3) is 0.235. The van der Waals surface area contributed by atoms with Gasteiger partial charge in [-0.15, -0.1) is 0 Å². The van der Waals surface area contributed by atoms with Crippen molar-refractivity contribution in [2.45, 2.75) is 17.9 Å². The number of nitrogens with zero attached hydrogens (tertiary/aromatic N) is 1. The maximum Gasteiger partial charge on any atom is 0.269 e. The van der Waals surface area contributed by atoms with Crippen LogP contribution in [0.2, 0.25) is 0 Å². The van der Waals surface area contributed by atoms with Gasteiger partial charge in [0, 0.05) is 37.2 Å². The smallest absolute Gasteiger partial charge is 0.269 e. The molecule has 1 amide bonds. The van der Waals surface area contributed by atoms with E-state index in [1.54, 1.807) is 6.07 Å². The summed E-state index contributed by atoms with van der Waals surface area (Å²) in [5.41, 5.74) is 0.601. The van der Waals surface area contributed by atoms with Gasteiger partial charge in [0.15, 0.2) is 0 Å². The number of carbonyl (C=O) groups is 1. The van der Waals surface area contributed by atoms with Gasteiger partial charge in [-0.1, -0.05) is 18.2 Å². The molecule has 2 N–H and O–H groups in total. The Labute approximate surface area is 156 Å². The van der Waals surface area contributed by atoms with Crippen LogP contribution < -0.4 is 14.8 Å². The van der Waals surface area contributed by atoms with Crippen LogP contribution in [0.15, 0.2) is 53.4 Å². The summed E-state index contributed by atoms with van der Waals surface area (Å²) in [6.07, 6.45) is -0.0542. The molecule has 0 aliphatic rings. The number of para-hydroxylation sites is 1. The molecular weight excluding hydrogens is 374 g/mol. The fourth-order valence-electron chi connectivity index (χ4n) is 2.26. The number of benzene rings is 2. The first-order valence-electron chi connectivity index (χ1n) is 7.96. The average Bonchev–Trinajstić information content (AvgIpc) is 2.66. The number of nitro groups is 1. The lowest BCUT2D eigenvalue weighted by molar-refractivity contribution is -0.384. The highest BCUT2D eigenvalue weighted by Gasteiger charge is 2.16. The van der Waals surface area contributed by atoms with Gasteiger partial charge in [-0.05, 0) is 18.2 Å². The maximum atomic E-state index is 12.1. The molecule has 0 spiro atoms. The van der Waals surface area contributed by atoms with Crippen molar-refractivity contribution in [1.82, 2.24) is 10.0 Å². The standard InChI is InChI=1S/C17H19N3O6S/c1-26-16-5-3-2-4-13(16)12-18-17(21)10-11-19-27(24,25)15-8-6-14(7-9-15)20(22)23/h2-9,19H,10-12H2,1H3,(H,18,21). The first-order valence-corrected chi connectivity index (χ1v) is 9.44. The van der Waals surface area contributed by atoms with E-state index in [-0.39, 0.29) is 36.0 Å². The van der Waals surface area contributed by atoms with E-state index in [1.807, 2.05) is 18.2 Å². The van der Waals surface area contributed by atoms with E-state index in [0.717, 1.165) is 29.8 Å². The number of carbonyl (C=O) groups excluding carboxylic acids is 1. The number of rotatable bonds is 9. The van der Waals surface area contributed by atoms with E-state index in [0.29, 0.717) is 5.75 Å². The maximum absolute atomic E-state index is 12.1. The number of ether oxygens (including phenoxy) is 1. The van der Waals surface area contributed by atoms with Crippen LogP contribution in [0.1, 0.15) is 12.0 Å². The molecule has 0 aromatic heterocycles. The Kier molecular flexibility index (Phi) is 6.85. The number of methoxy groups -OCH3 is 1. The molecule has 0 unspecified atom stereocenters. The second-order valence-corrected chi connectivity index (χ2v) is 7.25. The molecule has 0 atom stereocenters. The Morgan fingerprint density at radius 1 is 1.15 bits per heavy atom. The van der Waals surface area contributed by atoms with Crippen LogP contribution in [0.25, 0.3) is 0 Å². The van der Waals surface area contributed by atoms with E-state index in [4.69, 9.17) is 4.74 Å². The van der Waals surface area contributed by atoms with Gasteiger partial charge in [-0.3, -0.25) is 14.9 Å². The molecule has 2 aromatic carbocycles. The lowest BCUT2D eigenvalue weighted by atomic mass is 10.2. The van der Waals surface area contributed by atoms with E-state index in [9.17, 15) is 23.3 Å². The van der Waals surface area contributed by atoms with Crippen molar-refractivity contribution < 1.29 is 22.9 Å². The molecule has 0 bridgehead atoms. The predicted molar refractivity (Wildman–Crippen MR) is 97.7 cm³/mol. The Morgan fingerprint density at radius 3 is 2.44 bits per heavy atom.